The minimum Gasteiger partial charge on any atom is -0.373 e. The molecule has 0 aliphatic carbocycles. The number of rotatable bonds is 13. The monoisotopic (exact) mass is 359 g/mol. The summed E-state index contributed by atoms with van der Waals surface area (Å²) in [6, 6.07) is 0. The summed E-state index contributed by atoms with van der Waals surface area (Å²) in [6.45, 7) is 18.9. The van der Waals surface area contributed by atoms with Crippen LogP contribution in [0, 0.1) is 0 Å². The highest BCUT2D eigenvalue weighted by molar-refractivity contribution is 5.53. The summed E-state index contributed by atoms with van der Waals surface area (Å²) in [5.41, 5.74) is -0.324. The topological polar surface area (TPSA) is 37.3 Å². The lowest BCUT2D eigenvalue weighted by molar-refractivity contribution is -0.123. The summed E-state index contributed by atoms with van der Waals surface area (Å²) in [7, 11) is 5.95. The minimum atomic E-state index is -0.252. The standard InChI is InChI=1S/C18H39N3O2.C2H6/c1-9-10-17(2,3)23-15-18(4,5)22-14-13-20(7)11-12-21(8)16-19-6;1-2/h16H,9-15H2,1-8H3;1-2H3. The van der Waals surface area contributed by atoms with E-state index in [0.29, 0.717) is 13.2 Å². The maximum atomic E-state index is 6.04. The summed E-state index contributed by atoms with van der Waals surface area (Å²) in [5.74, 6) is 0. The first-order chi connectivity index (χ1) is 11.6. The molecule has 0 aromatic rings. The van der Waals surface area contributed by atoms with Crippen molar-refractivity contribution in [2.24, 2.45) is 4.99 Å². The largest absolute Gasteiger partial charge is 0.373 e. The van der Waals surface area contributed by atoms with Gasteiger partial charge < -0.3 is 19.3 Å². The third-order valence-electron chi connectivity index (χ3n) is 3.78. The molecule has 25 heavy (non-hydrogen) atoms. The third-order valence-corrected chi connectivity index (χ3v) is 3.78. The fourth-order valence-corrected chi connectivity index (χ4v) is 2.26. The van der Waals surface area contributed by atoms with Gasteiger partial charge in [-0.25, -0.2) is 0 Å². The van der Waals surface area contributed by atoms with E-state index in [9.17, 15) is 0 Å². The summed E-state index contributed by atoms with van der Waals surface area (Å²) in [5, 5.41) is 0. The Kier molecular flexibility index (Phi) is 15.4. The van der Waals surface area contributed by atoms with Gasteiger partial charge in [0.05, 0.1) is 30.8 Å². The van der Waals surface area contributed by atoms with Gasteiger partial charge in [-0.2, -0.15) is 0 Å². The first kappa shape index (κ1) is 26.6. The molecule has 0 N–H and O–H groups in total. The average Bonchev–Trinajstić information content (AvgIpc) is 2.53. The summed E-state index contributed by atoms with van der Waals surface area (Å²) < 4.78 is 12.1. The van der Waals surface area contributed by atoms with Crippen molar-refractivity contribution in [3.8, 4) is 0 Å². The number of hydrogen-bond acceptors (Lipinski definition) is 4. The molecule has 0 aliphatic rings. The van der Waals surface area contributed by atoms with Gasteiger partial charge >= 0.3 is 0 Å². The molecule has 0 spiro atoms. The van der Waals surface area contributed by atoms with Crippen LogP contribution in [0.4, 0.5) is 0 Å². The number of ether oxygens (including phenoxy) is 2. The van der Waals surface area contributed by atoms with Crippen molar-refractivity contribution in [3.05, 3.63) is 0 Å². The van der Waals surface area contributed by atoms with Crippen LogP contribution in [0.5, 0.6) is 0 Å². The van der Waals surface area contributed by atoms with Crippen molar-refractivity contribution in [1.82, 2.24) is 9.80 Å². The second-order valence-corrected chi connectivity index (χ2v) is 7.56. The zero-order chi connectivity index (χ0) is 19.9. The second-order valence-electron chi connectivity index (χ2n) is 7.56. The van der Waals surface area contributed by atoms with Crippen molar-refractivity contribution in [1.29, 1.82) is 0 Å². The molecule has 0 unspecified atom stereocenters. The first-order valence-corrected chi connectivity index (χ1v) is 9.71. The Labute approximate surface area is 157 Å². The SMILES string of the molecule is CC.CCCC(C)(C)OCC(C)(C)OCCN(C)CCN(C)C=NC. The molecule has 0 fully saturated rings. The van der Waals surface area contributed by atoms with Gasteiger partial charge in [-0.15, -0.1) is 0 Å². The Morgan fingerprint density at radius 2 is 1.52 bits per heavy atom. The van der Waals surface area contributed by atoms with E-state index in [1.807, 2.05) is 27.2 Å². The van der Waals surface area contributed by atoms with Crippen LogP contribution in [0.25, 0.3) is 0 Å². The fraction of sp³-hybridized carbons (Fsp3) is 0.950. The molecule has 0 aliphatic heterocycles. The fourth-order valence-electron chi connectivity index (χ4n) is 2.26. The number of nitrogens with zero attached hydrogens (tertiary/aromatic N) is 3. The summed E-state index contributed by atoms with van der Waals surface area (Å²) in [4.78, 5) is 8.37. The zero-order valence-corrected chi connectivity index (χ0v) is 18.7. The third kappa shape index (κ3) is 16.6. The summed E-state index contributed by atoms with van der Waals surface area (Å²) in [6.07, 6.45) is 4.06. The minimum absolute atomic E-state index is 0.0718. The van der Waals surface area contributed by atoms with Crippen molar-refractivity contribution >= 4 is 6.34 Å². The maximum Gasteiger partial charge on any atom is 0.0859 e. The van der Waals surface area contributed by atoms with E-state index < -0.39 is 0 Å². The Bertz CT molecular complexity index is 331. The highest BCUT2D eigenvalue weighted by Gasteiger charge is 2.24. The van der Waals surface area contributed by atoms with Crippen LogP contribution in [0.1, 0.15) is 61.3 Å². The van der Waals surface area contributed by atoms with E-state index in [1.54, 1.807) is 7.05 Å². The molecular formula is C20H45N3O2. The Hall–Kier alpha value is -0.650. The van der Waals surface area contributed by atoms with Crippen LogP contribution in [0.2, 0.25) is 0 Å². The zero-order valence-electron chi connectivity index (χ0n) is 18.7. The Morgan fingerprint density at radius 3 is 2.04 bits per heavy atom. The number of aliphatic imine (C=N–C) groups is 1. The predicted molar refractivity (Wildman–Crippen MR) is 111 cm³/mol. The van der Waals surface area contributed by atoms with E-state index in [0.717, 1.165) is 32.5 Å². The van der Waals surface area contributed by atoms with Gasteiger partial charge in [0.2, 0.25) is 0 Å². The number of hydrogen-bond donors (Lipinski definition) is 0. The quantitative estimate of drug-likeness (QED) is 0.369. The molecular weight excluding hydrogens is 314 g/mol. The molecule has 0 saturated carbocycles. The molecule has 0 bridgehead atoms. The molecule has 0 atom stereocenters. The van der Waals surface area contributed by atoms with Gasteiger partial charge in [-0.1, -0.05) is 27.2 Å². The second kappa shape index (κ2) is 14.5. The molecule has 0 rings (SSSR count). The van der Waals surface area contributed by atoms with Crippen molar-refractivity contribution in [2.75, 3.05) is 54.0 Å². The molecule has 0 aromatic heterocycles. The smallest absolute Gasteiger partial charge is 0.0859 e. The van der Waals surface area contributed by atoms with Gasteiger partial charge in [0.1, 0.15) is 0 Å². The summed E-state index contributed by atoms with van der Waals surface area (Å²) >= 11 is 0. The van der Waals surface area contributed by atoms with E-state index >= 15 is 0 Å². The lowest BCUT2D eigenvalue weighted by atomic mass is 10.0. The molecule has 0 saturated heterocycles. The first-order valence-electron chi connectivity index (χ1n) is 9.71. The van der Waals surface area contributed by atoms with Crippen LogP contribution in [0.3, 0.4) is 0 Å². The lowest BCUT2D eigenvalue weighted by Crippen LogP contribution is -2.39. The van der Waals surface area contributed by atoms with Crippen molar-refractivity contribution in [3.63, 3.8) is 0 Å². The molecule has 5 nitrogen and oxygen atoms in total. The van der Waals surface area contributed by atoms with Crippen LogP contribution in [-0.2, 0) is 9.47 Å². The van der Waals surface area contributed by atoms with Crippen LogP contribution in [-0.4, -0.2) is 81.3 Å². The van der Waals surface area contributed by atoms with Crippen molar-refractivity contribution < 1.29 is 9.47 Å². The van der Waals surface area contributed by atoms with Crippen LogP contribution >= 0.6 is 0 Å². The lowest BCUT2D eigenvalue weighted by Gasteiger charge is -2.32. The van der Waals surface area contributed by atoms with E-state index in [-0.39, 0.29) is 11.2 Å². The predicted octanol–water partition coefficient (Wildman–Crippen LogP) is 3.92. The number of likely N-dealkylation sites (N-methyl/N-ethyl adjacent to an activating group) is 2. The average molecular weight is 360 g/mol. The van der Waals surface area contributed by atoms with Gasteiger partial charge in [0, 0.05) is 33.7 Å². The van der Waals surface area contributed by atoms with Gasteiger partial charge in [0.25, 0.3) is 0 Å². The van der Waals surface area contributed by atoms with Gasteiger partial charge in [0.15, 0.2) is 0 Å². The van der Waals surface area contributed by atoms with Crippen molar-refractivity contribution in [2.45, 2.75) is 72.5 Å². The molecule has 5 heteroatoms. The molecule has 0 amide bonds. The molecule has 0 heterocycles. The normalized spacial score (nSPS) is 12.4. The molecule has 0 radical (unpaired) electrons. The maximum absolute atomic E-state index is 6.04. The highest BCUT2D eigenvalue weighted by Crippen LogP contribution is 2.20. The van der Waals surface area contributed by atoms with E-state index in [4.69, 9.17) is 9.47 Å². The Balaban J connectivity index is 0. The van der Waals surface area contributed by atoms with Gasteiger partial charge in [-0.05, 0) is 41.2 Å². The van der Waals surface area contributed by atoms with Crippen LogP contribution < -0.4 is 0 Å². The highest BCUT2D eigenvalue weighted by atomic mass is 16.6. The molecule has 152 valence electrons. The van der Waals surface area contributed by atoms with Gasteiger partial charge in [-0.3, -0.25) is 4.99 Å². The molecule has 0 aromatic carbocycles. The van der Waals surface area contributed by atoms with E-state index in [1.165, 1.54) is 0 Å². The van der Waals surface area contributed by atoms with E-state index in [2.05, 4.69) is 56.5 Å². The van der Waals surface area contributed by atoms with Crippen LogP contribution in [0.15, 0.2) is 4.99 Å². The Morgan fingerprint density at radius 1 is 0.920 bits per heavy atom.